The number of halogens is 1. The summed E-state index contributed by atoms with van der Waals surface area (Å²) >= 11 is 3.49. The Morgan fingerprint density at radius 2 is 1.90 bits per heavy atom. The molecule has 0 saturated carbocycles. The van der Waals surface area contributed by atoms with Crippen molar-refractivity contribution in [1.29, 1.82) is 0 Å². The number of aliphatic hydroxyl groups is 1. The first-order valence-electron chi connectivity index (χ1n) is 9.71. The van der Waals surface area contributed by atoms with E-state index in [-0.39, 0.29) is 12.6 Å². The van der Waals surface area contributed by atoms with Crippen LogP contribution < -0.4 is 10.1 Å². The van der Waals surface area contributed by atoms with Crippen LogP contribution in [0.2, 0.25) is 0 Å². The van der Waals surface area contributed by atoms with E-state index in [9.17, 15) is 0 Å². The van der Waals surface area contributed by atoms with Crippen LogP contribution in [0.5, 0.6) is 5.75 Å². The first-order valence-corrected chi connectivity index (χ1v) is 10.5. The maximum Gasteiger partial charge on any atom is 0.226 e. The molecule has 0 aliphatic carbocycles. The third-order valence-corrected chi connectivity index (χ3v) is 5.28. The zero-order chi connectivity index (χ0) is 20.2. The number of benzene rings is 2. The average molecular weight is 455 g/mol. The van der Waals surface area contributed by atoms with Gasteiger partial charge in [0.05, 0.1) is 6.61 Å². The summed E-state index contributed by atoms with van der Waals surface area (Å²) in [6.07, 6.45) is 3.45. The smallest absolute Gasteiger partial charge is 0.226 e. The molecule has 0 unspecified atom stereocenters. The number of aromatic nitrogens is 3. The molecule has 7 heteroatoms. The summed E-state index contributed by atoms with van der Waals surface area (Å²) < 4.78 is 8.52. The van der Waals surface area contributed by atoms with Crippen LogP contribution in [-0.2, 0) is 6.42 Å². The lowest BCUT2D eigenvalue weighted by Gasteiger charge is -2.24. The van der Waals surface area contributed by atoms with Crippen LogP contribution in [0.1, 0.15) is 36.3 Å². The van der Waals surface area contributed by atoms with E-state index in [0.717, 1.165) is 32.9 Å². The monoisotopic (exact) mass is 454 g/mol. The van der Waals surface area contributed by atoms with Gasteiger partial charge in [0.25, 0.3) is 0 Å². The fourth-order valence-electron chi connectivity index (χ4n) is 3.34. The van der Waals surface area contributed by atoms with Crippen molar-refractivity contribution < 1.29 is 9.84 Å². The summed E-state index contributed by atoms with van der Waals surface area (Å²) in [6.45, 7) is 2.74. The van der Waals surface area contributed by atoms with Gasteiger partial charge in [-0.15, -0.1) is 0 Å². The Kier molecular flexibility index (Phi) is 5.97. The summed E-state index contributed by atoms with van der Waals surface area (Å²) in [4.78, 5) is 4.66. The van der Waals surface area contributed by atoms with Gasteiger partial charge in [-0.2, -0.15) is 10.1 Å². The van der Waals surface area contributed by atoms with Gasteiger partial charge >= 0.3 is 0 Å². The number of allylic oxidation sites excluding steroid dienone is 1. The molecule has 4 rings (SSSR count). The number of aryl methyl sites for hydroxylation is 1. The minimum atomic E-state index is -0.0871. The minimum Gasteiger partial charge on any atom is -0.494 e. The Hall–Kier alpha value is -2.64. The van der Waals surface area contributed by atoms with Crippen molar-refractivity contribution in [2.75, 3.05) is 18.5 Å². The largest absolute Gasteiger partial charge is 0.494 e. The minimum absolute atomic E-state index is 0.0871. The van der Waals surface area contributed by atoms with E-state index in [4.69, 9.17) is 14.9 Å². The number of aliphatic hydroxyl groups excluding tert-OH is 1. The van der Waals surface area contributed by atoms with Crippen LogP contribution in [0.15, 0.2) is 59.1 Å². The standard InChI is InChI=1S/C22H23BrN4O2/c1-2-29-18-11-7-16(8-12-18)20-14-19(15-5-9-17(23)10-6-15)24-22-25-21(4-3-13-28)26-27(20)22/h5-12,14,20,28H,2-4,13H2,1H3,(H,24,25,26)/t20-/m0/s1. The first-order chi connectivity index (χ1) is 14.2. The number of hydrogen-bond donors (Lipinski definition) is 2. The van der Waals surface area contributed by atoms with Gasteiger partial charge in [-0.1, -0.05) is 40.2 Å². The van der Waals surface area contributed by atoms with Gasteiger partial charge in [0.15, 0.2) is 5.82 Å². The molecule has 29 heavy (non-hydrogen) atoms. The number of rotatable bonds is 7. The zero-order valence-corrected chi connectivity index (χ0v) is 17.8. The van der Waals surface area contributed by atoms with Crippen LogP contribution in [0.4, 0.5) is 5.95 Å². The van der Waals surface area contributed by atoms with Gasteiger partial charge in [0, 0.05) is 23.2 Å². The predicted molar refractivity (Wildman–Crippen MR) is 117 cm³/mol. The highest BCUT2D eigenvalue weighted by atomic mass is 79.9. The quantitative estimate of drug-likeness (QED) is 0.552. The van der Waals surface area contributed by atoms with E-state index in [0.29, 0.717) is 25.4 Å². The molecular weight excluding hydrogens is 432 g/mol. The van der Waals surface area contributed by atoms with Crippen molar-refractivity contribution >= 4 is 27.6 Å². The van der Waals surface area contributed by atoms with Gasteiger partial charge in [-0.05, 0) is 54.8 Å². The molecule has 3 aromatic rings. The molecular formula is C22H23BrN4O2. The molecule has 0 saturated heterocycles. The molecule has 1 aliphatic heterocycles. The van der Waals surface area contributed by atoms with E-state index in [1.165, 1.54) is 0 Å². The zero-order valence-electron chi connectivity index (χ0n) is 16.2. The lowest BCUT2D eigenvalue weighted by Crippen LogP contribution is -2.20. The Bertz CT molecular complexity index is 997. The molecule has 0 amide bonds. The lowest BCUT2D eigenvalue weighted by atomic mass is 10.0. The topological polar surface area (TPSA) is 72.2 Å². The van der Waals surface area contributed by atoms with E-state index in [1.54, 1.807) is 0 Å². The van der Waals surface area contributed by atoms with Gasteiger partial charge in [-0.25, -0.2) is 4.68 Å². The molecule has 6 nitrogen and oxygen atoms in total. The SMILES string of the molecule is CCOc1ccc([C@@H]2C=C(c3ccc(Br)cc3)Nc3nc(CCCO)nn32)cc1. The number of fused-ring (bicyclic) bond motifs is 1. The van der Waals surface area contributed by atoms with Gasteiger partial charge in [-0.3, -0.25) is 0 Å². The number of hydrogen-bond acceptors (Lipinski definition) is 5. The Balaban J connectivity index is 1.72. The second-order valence-corrected chi connectivity index (χ2v) is 7.70. The first kappa shape index (κ1) is 19.7. The summed E-state index contributed by atoms with van der Waals surface area (Å²) in [5.41, 5.74) is 3.17. The van der Waals surface area contributed by atoms with Crippen LogP contribution in [-0.4, -0.2) is 33.1 Å². The van der Waals surface area contributed by atoms with E-state index in [2.05, 4.69) is 56.6 Å². The third kappa shape index (κ3) is 4.36. The molecule has 0 bridgehead atoms. The fraction of sp³-hybridized carbons (Fsp3) is 0.273. The molecule has 0 spiro atoms. The van der Waals surface area contributed by atoms with Gasteiger partial charge in [0.1, 0.15) is 11.8 Å². The van der Waals surface area contributed by atoms with Crippen molar-refractivity contribution in [1.82, 2.24) is 14.8 Å². The molecule has 2 aromatic carbocycles. The fourth-order valence-corrected chi connectivity index (χ4v) is 3.61. The van der Waals surface area contributed by atoms with Gasteiger partial charge < -0.3 is 15.2 Å². The molecule has 150 valence electrons. The second kappa shape index (κ2) is 8.80. The van der Waals surface area contributed by atoms with E-state index >= 15 is 0 Å². The van der Waals surface area contributed by atoms with Crippen molar-refractivity contribution in [3.8, 4) is 5.75 Å². The summed E-state index contributed by atoms with van der Waals surface area (Å²) in [5, 5.41) is 17.2. The van der Waals surface area contributed by atoms with Crippen molar-refractivity contribution in [2.24, 2.45) is 0 Å². The number of nitrogens with zero attached hydrogens (tertiary/aromatic N) is 3. The molecule has 0 radical (unpaired) electrons. The van der Waals surface area contributed by atoms with Crippen LogP contribution in [0, 0.1) is 0 Å². The maximum absolute atomic E-state index is 9.14. The Labute approximate surface area is 178 Å². The van der Waals surface area contributed by atoms with Crippen LogP contribution in [0.25, 0.3) is 5.70 Å². The van der Waals surface area contributed by atoms with Crippen molar-refractivity contribution in [3.63, 3.8) is 0 Å². The summed E-state index contributed by atoms with van der Waals surface area (Å²) in [6, 6.07) is 16.2. The maximum atomic E-state index is 9.14. The highest BCUT2D eigenvalue weighted by Gasteiger charge is 2.25. The number of anilines is 1. The summed E-state index contributed by atoms with van der Waals surface area (Å²) in [5.74, 6) is 2.28. The highest BCUT2D eigenvalue weighted by Crippen LogP contribution is 2.33. The summed E-state index contributed by atoms with van der Waals surface area (Å²) in [7, 11) is 0. The molecule has 1 atom stereocenters. The highest BCUT2D eigenvalue weighted by molar-refractivity contribution is 9.10. The molecule has 0 fully saturated rings. The Morgan fingerprint density at radius 1 is 1.14 bits per heavy atom. The predicted octanol–water partition coefficient (Wildman–Crippen LogP) is 4.42. The van der Waals surface area contributed by atoms with E-state index < -0.39 is 0 Å². The molecule has 1 aliphatic rings. The number of ether oxygens (including phenoxy) is 1. The molecule has 2 N–H and O–H groups in total. The second-order valence-electron chi connectivity index (χ2n) is 6.78. The van der Waals surface area contributed by atoms with Crippen LogP contribution >= 0.6 is 15.9 Å². The van der Waals surface area contributed by atoms with Crippen molar-refractivity contribution in [2.45, 2.75) is 25.8 Å². The Morgan fingerprint density at radius 3 is 2.59 bits per heavy atom. The average Bonchev–Trinajstić information content (AvgIpc) is 3.16. The van der Waals surface area contributed by atoms with E-state index in [1.807, 2.05) is 35.9 Å². The number of nitrogens with one attached hydrogen (secondary N) is 1. The lowest BCUT2D eigenvalue weighted by molar-refractivity contribution is 0.287. The third-order valence-electron chi connectivity index (χ3n) is 4.76. The van der Waals surface area contributed by atoms with Crippen molar-refractivity contribution in [3.05, 3.63) is 76.0 Å². The normalized spacial score (nSPS) is 15.4. The van der Waals surface area contributed by atoms with Gasteiger partial charge in [0.2, 0.25) is 5.95 Å². The molecule has 1 aromatic heterocycles. The molecule has 2 heterocycles. The van der Waals surface area contributed by atoms with Crippen LogP contribution in [0.3, 0.4) is 0 Å².